The molecule has 0 atom stereocenters. The van der Waals surface area contributed by atoms with Gasteiger partial charge < -0.3 is 15.4 Å². The van der Waals surface area contributed by atoms with E-state index in [1.165, 1.54) is 31.7 Å². The van der Waals surface area contributed by atoms with E-state index in [1.807, 2.05) is 12.1 Å². The highest BCUT2D eigenvalue weighted by Gasteiger charge is 2.06. The van der Waals surface area contributed by atoms with E-state index >= 15 is 0 Å². The van der Waals surface area contributed by atoms with E-state index in [4.69, 9.17) is 4.74 Å². The van der Waals surface area contributed by atoms with Gasteiger partial charge in [0.1, 0.15) is 11.6 Å². The summed E-state index contributed by atoms with van der Waals surface area (Å²) in [6.45, 7) is 2.86. The highest BCUT2D eigenvalue weighted by molar-refractivity contribution is 5.93. The van der Waals surface area contributed by atoms with Crippen LogP contribution in [0.15, 0.2) is 48.5 Å². The molecule has 1 amide bonds. The van der Waals surface area contributed by atoms with Crippen molar-refractivity contribution in [3.63, 3.8) is 0 Å². The summed E-state index contributed by atoms with van der Waals surface area (Å²) in [6.07, 6.45) is 5.94. The van der Waals surface area contributed by atoms with Crippen molar-refractivity contribution in [2.75, 3.05) is 23.8 Å². The van der Waals surface area contributed by atoms with Crippen LogP contribution in [0, 0.1) is 5.82 Å². The van der Waals surface area contributed by atoms with Crippen LogP contribution in [0.1, 0.15) is 39.0 Å². The molecule has 0 aliphatic carbocycles. The Morgan fingerprint density at radius 1 is 1.04 bits per heavy atom. The average Bonchev–Trinajstić information content (AvgIpc) is 2.64. The Hall–Kier alpha value is -2.56. The molecule has 2 N–H and O–H groups in total. The highest BCUT2D eigenvalue weighted by Crippen LogP contribution is 2.18. The third-order valence-electron chi connectivity index (χ3n) is 3.95. The van der Waals surface area contributed by atoms with Crippen LogP contribution in [0.4, 0.5) is 15.8 Å². The Bertz CT molecular complexity index is 691. The molecule has 0 aliphatic heterocycles. The van der Waals surface area contributed by atoms with E-state index in [-0.39, 0.29) is 18.3 Å². The number of carbonyl (C=O) groups is 1. The van der Waals surface area contributed by atoms with E-state index < -0.39 is 0 Å². The molecule has 2 aromatic rings. The molecular formula is C21H27FN2O2. The molecule has 2 rings (SSSR count). The summed E-state index contributed by atoms with van der Waals surface area (Å²) in [5.74, 6) is 0.111. The van der Waals surface area contributed by atoms with Crippen molar-refractivity contribution in [1.29, 1.82) is 0 Å². The monoisotopic (exact) mass is 358 g/mol. The topological polar surface area (TPSA) is 50.4 Å². The van der Waals surface area contributed by atoms with Crippen molar-refractivity contribution >= 4 is 17.3 Å². The van der Waals surface area contributed by atoms with Gasteiger partial charge in [-0.2, -0.15) is 0 Å². The fourth-order valence-electron chi connectivity index (χ4n) is 2.54. The van der Waals surface area contributed by atoms with Crippen molar-refractivity contribution in [2.45, 2.75) is 39.0 Å². The molecule has 0 aromatic heterocycles. The van der Waals surface area contributed by atoms with Crippen molar-refractivity contribution in [3.8, 4) is 5.75 Å². The summed E-state index contributed by atoms with van der Waals surface area (Å²) >= 11 is 0. The number of rotatable bonds is 11. The predicted octanol–water partition coefficient (Wildman–Crippen LogP) is 5.23. The molecule has 140 valence electrons. The largest absolute Gasteiger partial charge is 0.494 e. The maximum atomic E-state index is 13.5. The molecule has 0 radical (unpaired) electrons. The van der Waals surface area contributed by atoms with E-state index in [2.05, 4.69) is 17.6 Å². The smallest absolute Gasteiger partial charge is 0.243 e. The van der Waals surface area contributed by atoms with Crippen LogP contribution < -0.4 is 15.4 Å². The van der Waals surface area contributed by atoms with Crippen LogP contribution in [0.5, 0.6) is 5.75 Å². The standard InChI is InChI=1S/C21H27FN2O2/c1-2-3-4-5-8-14-26-18-11-9-10-17(15-18)24-21(25)16-23-20-13-7-6-12-19(20)22/h6-7,9-13,15,23H,2-5,8,14,16H2,1H3,(H,24,25). The molecule has 0 fully saturated rings. The van der Waals surface area contributed by atoms with E-state index in [0.29, 0.717) is 18.0 Å². The zero-order chi connectivity index (χ0) is 18.6. The van der Waals surface area contributed by atoms with Gasteiger partial charge in [-0.3, -0.25) is 4.79 Å². The summed E-state index contributed by atoms with van der Waals surface area (Å²) in [4.78, 5) is 12.0. The van der Waals surface area contributed by atoms with Crippen LogP contribution in [0.3, 0.4) is 0 Å². The number of hydrogen-bond donors (Lipinski definition) is 2. The van der Waals surface area contributed by atoms with Gasteiger partial charge in [0.15, 0.2) is 0 Å². The van der Waals surface area contributed by atoms with Crippen LogP contribution in [-0.2, 0) is 4.79 Å². The molecule has 0 bridgehead atoms. The summed E-state index contributed by atoms with van der Waals surface area (Å²) in [7, 11) is 0. The van der Waals surface area contributed by atoms with Gasteiger partial charge >= 0.3 is 0 Å². The summed E-state index contributed by atoms with van der Waals surface area (Å²) in [5, 5.41) is 5.57. The third kappa shape index (κ3) is 7.13. The van der Waals surface area contributed by atoms with Gasteiger partial charge in [-0.15, -0.1) is 0 Å². The van der Waals surface area contributed by atoms with Gasteiger partial charge in [-0.25, -0.2) is 4.39 Å². The minimum atomic E-state index is -0.380. The first kappa shape index (κ1) is 19.8. The van der Waals surface area contributed by atoms with Gasteiger partial charge in [0.05, 0.1) is 18.8 Å². The number of halogens is 1. The lowest BCUT2D eigenvalue weighted by atomic mass is 10.2. The van der Waals surface area contributed by atoms with E-state index in [9.17, 15) is 9.18 Å². The highest BCUT2D eigenvalue weighted by atomic mass is 19.1. The van der Waals surface area contributed by atoms with Gasteiger partial charge in [0.25, 0.3) is 0 Å². The lowest BCUT2D eigenvalue weighted by Crippen LogP contribution is -2.22. The maximum absolute atomic E-state index is 13.5. The molecule has 0 spiro atoms. The summed E-state index contributed by atoms with van der Waals surface area (Å²) in [5.41, 5.74) is 0.969. The molecular weight excluding hydrogens is 331 g/mol. The van der Waals surface area contributed by atoms with Gasteiger partial charge in [-0.05, 0) is 30.7 Å². The second kappa shape index (κ2) is 11.1. The molecule has 4 nitrogen and oxygen atoms in total. The number of carbonyl (C=O) groups excluding carboxylic acids is 1. The molecule has 2 aromatic carbocycles. The molecule has 5 heteroatoms. The number of amides is 1. The molecule has 26 heavy (non-hydrogen) atoms. The van der Waals surface area contributed by atoms with Gasteiger partial charge in [0.2, 0.25) is 5.91 Å². The van der Waals surface area contributed by atoms with Crippen LogP contribution >= 0.6 is 0 Å². The van der Waals surface area contributed by atoms with Crippen LogP contribution in [-0.4, -0.2) is 19.1 Å². The van der Waals surface area contributed by atoms with Crippen molar-refractivity contribution in [1.82, 2.24) is 0 Å². The number of anilines is 2. The zero-order valence-corrected chi connectivity index (χ0v) is 15.3. The first-order valence-corrected chi connectivity index (χ1v) is 9.20. The normalized spacial score (nSPS) is 10.4. The number of hydrogen-bond acceptors (Lipinski definition) is 3. The first-order valence-electron chi connectivity index (χ1n) is 9.20. The SMILES string of the molecule is CCCCCCCOc1cccc(NC(=O)CNc2ccccc2F)c1. The Morgan fingerprint density at radius 3 is 2.65 bits per heavy atom. The Morgan fingerprint density at radius 2 is 1.85 bits per heavy atom. The number of benzene rings is 2. The molecule has 0 saturated carbocycles. The number of unbranched alkanes of at least 4 members (excludes halogenated alkanes) is 4. The molecule has 0 heterocycles. The van der Waals surface area contributed by atoms with Crippen LogP contribution in [0.2, 0.25) is 0 Å². The number of ether oxygens (including phenoxy) is 1. The average molecular weight is 358 g/mol. The lowest BCUT2D eigenvalue weighted by Gasteiger charge is -2.10. The molecule has 0 saturated heterocycles. The third-order valence-corrected chi connectivity index (χ3v) is 3.95. The Balaban J connectivity index is 1.75. The van der Waals surface area contributed by atoms with Crippen LogP contribution in [0.25, 0.3) is 0 Å². The predicted molar refractivity (Wildman–Crippen MR) is 104 cm³/mol. The fraction of sp³-hybridized carbons (Fsp3) is 0.381. The van der Waals surface area contributed by atoms with Gasteiger partial charge in [-0.1, -0.05) is 50.8 Å². The minimum absolute atomic E-state index is 0.0105. The first-order chi connectivity index (χ1) is 12.7. The van der Waals surface area contributed by atoms with E-state index in [1.54, 1.807) is 30.3 Å². The quantitative estimate of drug-likeness (QED) is 0.541. The number of nitrogens with one attached hydrogen (secondary N) is 2. The fourth-order valence-corrected chi connectivity index (χ4v) is 2.54. The Labute approximate surface area is 154 Å². The lowest BCUT2D eigenvalue weighted by molar-refractivity contribution is -0.114. The molecule has 0 aliphatic rings. The zero-order valence-electron chi connectivity index (χ0n) is 15.3. The Kier molecular flexibility index (Phi) is 8.46. The van der Waals surface area contributed by atoms with Crippen molar-refractivity contribution in [2.24, 2.45) is 0 Å². The van der Waals surface area contributed by atoms with Crippen molar-refractivity contribution < 1.29 is 13.9 Å². The molecule has 0 unspecified atom stereocenters. The van der Waals surface area contributed by atoms with Gasteiger partial charge in [0, 0.05) is 11.8 Å². The second-order valence-electron chi connectivity index (χ2n) is 6.17. The van der Waals surface area contributed by atoms with E-state index in [0.717, 1.165) is 12.2 Å². The maximum Gasteiger partial charge on any atom is 0.243 e. The summed E-state index contributed by atoms with van der Waals surface area (Å²) < 4.78 is 19.3. The number of para-hydroxylation sites is 1. The minimum Gasteiger partial charge on any atom is -0.494 e. The second-order valence-corrected chi connectivity index (χ2v) is 6.17. The van der Waals surface area contributed by atoms with Crippen molar-refractivity contribution in [3.05, 3.63) is 54.3 Å². The summed E-state index contributed by atoms with van der Waals surface area (Å²) in [6, 6.07) is 13.6.